The molecule has 0 saturated carbocycles. The summed E-state index contributed by atoms with van der Waals surface area (Å²) in [6.07, 6.45) is 0.621. The highest BCUT2D eigenvalue weighted by Gasteiger charge is 2.39. The molecule has 28 heavy (non-hydrogen) atoms. The number of ether oxygens (including phenoxy) is 2. The van der Waals surface area contributed by atoms with Crippen molar-refractivity contribution in [1.29, 1.82) is 0 Å². The molecule has 3 aromatic rings. The fraction of sp³-hybridized carbons (Fsp3) is 0.208. The van der Waals surface area contributed by atoms with Gasteiger partial charge in [0.05, 0.1) is 0 Å². The molecule has 1 atom stereocenters. The lowest BCUT2D eigenvalue weighted by Gasteiger charge is -2.29. The average Bonchev–Trinajstić information content (AvgIpc) is 2.74. The molecule has 0 fully saturated rings. The fourth-order valence-corrected chi connectivity index (χ4v) is 2.99. The van der Waals surface area contributed by atoms with Gasteiger partial charge in [0.15, 0.2) is 0 Å². The largest absolute Gasteiger partial charge is 0.489 e. The van der Waals surface area contributed by atoms with Crippen LogP contribution in [0.3, 0.4) is 0 Å². The van der Waals surface area contributed by atoms with E-state index < -0.39 is 11.6 Å². The van der Waals surface area contributed by atoms with Crippen molar-refractivity contribution in [3.63, 3.8) is 0 Å². The lowest BCUT2D eigenvalue weighted by molar-refractivity contribution is -0.155. The number of carbonyl (C=O) groups is 1. The van der Waals surface area contributed by atoms with Crippen LogP contribution < -0.4 is 9.47 Å². The Morgan fingerprint density at radius 2 is 1.43 bits per heavy atom. The van der Waals surface area contributed by atoms with Gasteiger partial charge in [-0.25, -0.2) is 4.79 Å². The molecular formula is C24H24O4. The topological polar surface area (TPSA) is 55.8 Å². The summed E-state index contributed by atoms with van der Waals surface area (Å²) in [5.41, 5.74) is 0.666. The molecule has 1 unspecified atom stereocenters. The number of rotatable bonds is 9. The molecule has 0 aromatic heterocycles. The average molecular weight is 376 g/mol. The van der Waals surface area contributed by atoms with Gasteiger partial charge in [0, 0.05) is 6.42 Å². The minimum atomic E-state index is -1.31. The summed E-state index contributed by atoms with van der Waals surface area (Å²) in [7, 11) is 0. The van der Waals surface area contributed by atoms with E-state index in [1.807, 2.05) is 79.7 Å². The zero-order valence-corrected chi connectivity index (χ0v) is 15.9. The van der Waals surface area contributed by atoms with Crippen molar-refractivity contribution in [2.45, 2.75) is 32.0 Å². The molecule has 4 heteroatoms. The van der Waals surface area contributed by atoms with Crippen LogP contribution in [0, 0.1) is 0 Å². The lowest BCUT2D eigenvalue weighted by atomic mass is 9.91. The van der Waals surface area contributed by atoms with Crippen LogP contribution >= 0.6 is 0 Å². The highest BCUT2D eigenvalue weighted by Crippen LogP contribution is 2.27. The van der Waals surface area contributed by atoms with Gasteiger partial charge in [0.1, 0.15) is 18.1 Å². The van der Waals surface area contributed by atoms with E-state index in [0.717, 1.165) is 16.9 Å². The summed E-state index contributed by atoms with van der Waals surface area (Å²) in [5.74, 6) is 0.326. The summed E-state index contributed by atoms with van der Waals surface area (Å²) < 4.78 is 11.7. The number of benzene rings is 3. The van der Waals surface area contributed by atoms with E-state index in [1.54, 1.807) is 12.1 Å². The molecule has 0 aliphatic heterocycles. The monoisotopic (exact) mass is 376 g/mol. The first-order chi connectivity index (χ1) is 13.6. The van der Waals surface area contributed by atoms with Crippen molar-refractivity contribution >= 4 is 5.97 Å². The molecule has 0 aliphatic carbocycles. The van der Waals surface area contributed by atoms with Crippen LogP contribution in [0.1, 0.15) is 24.5 Å². The van der Waals surface area contributed by atoms with Gasteiger partial charge in [-0.05, 0) is 41.8 Å². The molecule has 3 aromatic carbocycles. The first kappa shape index (κ1) is 19.5. The van der Waals surface area contributed by atoms with E-state index in [9.17, 15) is 9.90 Å². The Hall–Kier alpha value is -3.27. The maximum Gasteiger partial charge on any atom is 0.348 e. The molecule has 144 valence electrons. The van der Waals surface area contributed by atoms with E-state index in [-0.39, 0.29) is 6.42 Å². The van der Waals surface area contributed by atoms with Crippen LogP contribution in [0.2, 0.25) is 0 Å². The Balaban J connectivity index is 1.69. The minimum absolute atomic E-state index is 0.271. The van der Waals surface area contributed by atoms with E-state index >= 15 is 0 Å². The molecule has 1 N–H and O–H groups in total. The van der Waals surface area contributed by atoms with Gasteiger partial charge in [-0.3, -0.25) is 0 Å². The molecule has 4 nitrogen and oxygen atoms in total. The SMILES string of the molecule is CCC(Cc1ccc(OCc2ccccc2)cc1)(Oc1ccccc1)C(=O)O. The van der Waals surface area contributed by atoms with E-state index in [2.05, 4.69) is 0 Å². The Morgan fingerprint density at radius 1 is 0.821 bits per heavy atom. The molecule has 3 rings (SSSR count). The number of hydrogen-bond donors (Lipinski definition) is 1. The number of para-hydroxylation sites is 1. The quantitative estimate of drug-likeness (QED) is 0.563. The van der Waals surface area contributed by atoms with Gasteiger partial charge in [-0.15, -0.1) is 0 Å². The van der Waals surface area contributed by atoms with E-state index in [1.165, 1.54) is 0 Å². The number of aliphatic carboxylic acids is 1. The van der Waals surface area contributed by atoms with Crippen molar-refractivity contribution in [3.05, 3.63) is 96.1 Å². The standard InChI is InChI=1S/C24H24O4/c1-2-24(23(25)26,28-22-11-7-4-8-12-22)17-19-13-15-21(16-14-19)27-18-20-9-5-3-6-10-20/h3-16H,2,17-18H2,1H3,(H,25,26). The highest BCUT2D eigenvalue weighted by molar-refractivity contribution is 5.78. The molecule has 0 radical (unpaired) electrons. The van der Waals surface area contributed by atoms with Gasteiger partial charge in [-0.2, -0.15) is 0 Å². The number of hydrogen-bond acceptors (Lipinski definition) is 3. The smallest absolute Gasteiger partial charge is 0.348 e. The Labute approximate surface area is 165 Å². The van der Waals surface area contributed by atoms with Crippen molar-refractivity contribution in [3.8, 4) is 11.5 Å². The van der Waals surface area contributed by atoms with E-state index in [0.29, 0.717) is 18.8 Å². The normalized spacial score (nSPS) is 12.8. The van der Waals surface area contributed by atoms with Crippen LogP contribution in [0.5, 0.6) is 11.5 Å². The van der Waals surface area contributed by atoms with Crippen molar-refractivity contribution in [1.82, 2.24) is 0 Å². The van der Waals surface area contributed by atoms with Crippen LogP contribution in [0.4, 0.5) is 0 Å². The maximum atomic E-state index is 12.0. The molecule has 0 aliphatic rings. The Kier molecular flexibility index (Phi) is 6.33. The van der Waals surface area contributed by atoms with Gasteiger partial charge < -0.3 is 14.6 Å². The van der Waals surface area contributed by atoms with Crippen LogP contribution in [-0.2, 0) is 17.8 Å². The van der Waals surface area contributed by atoms with E-state index in [4.69, 9.17) is 9.47 Å². The van der Waals surface area contributed by atoms with Crippen LogP contribution in [-0.4, -0.2) is 16.7 Å². The Morgan fingerprint density at radius 3 is 2.00 bits per heavy atom. The predicted octanol–water partition coefficient (Wildman–Crippen LogP) is 5.12. The lowest BCUT2D eigenvalue weighted by Crippen LogP contribution is -2.46. The second-order valence-corrected chi connectivity index (χ2v) is 6.66. The van der Waals surface area contributed by atoms with Crippen molar-refractivity contribution < 1.29 is 19.4 Å². The van der Waals surface area contributed by atoms with Gasteiger partial charge in [0.2, 0.25) is 5.60 Å². The number of carboxylic acids is 1. The fourth-order valence-electron chi connectivity index (χ4n) is 2.99. The molecule has 0 spiro atoms. The zero-order valence-electron chi connectivity index (χ0n) is 15.9. The summed E-state index contributed by atoms with van der Waals surface area (Å²) >= 11 is 0. The highest BCUT2D eigenvalue weighted by atomic mass is 16.5. The first-order valence-corrected chi connectivity index (χ1v) is 9.34. The van der Waals surface area contributed by atoms with Crippen LogP contribution in [0.25, 0.3) is 0 Å². The zero-order chi connectivity index (χ0) is 19.8. The van der Waals surface area contributed by atoms with Gasteiger partial charge >= 0.3 is 5.97 Å². The number of carboxylic acid groups (broad SMARTS) is 1. The summed E-state index contributed by atoms with van der Waals surface area (Å²) in [5, 5.41) is 9.86. The summed E-state index contributed by atoms with van der Waals surface area (Å²) in [6.45, 7) is 2.32. The first-order valence-electron chi connectivity index (χ1n) is 9.34. The molecule has 0 amide bonds. The predicted molar refractivity (Wildman–Crippen MR) is 109 cm³/mol. The third kappa shape index (κ3) is 4.92. The van der Waals surface area contributed by atoms with Gasteiger partial charge in [0.25, 0.3) is 0 Å². The van der Waals surface area contributed by atoms with Crippen molar-refractivity contribution in [2.75, 3.05) is 0 Å². The summed E-state index contributed by atoms with van der Waals surface area (Å²) in [4.78, 5) is 12.0. The third-order valence-electron chi connectivity index (χ3n) is 4.68. The molecular weight excluding hydrogens is 352 g/mol. The Bertz CT molecular complexity index is 875. The summed E-state index contributed by atoms with van der Waals surface area (Å²) in [6, 6.07) is 26.5. The van der Waals surface area contributed by atoms with Crippen LogP contribution in [0.15, 0.2) is 84.9 Å². The molecule has 0 heterocycles. The third-order valence-corrected chi connectivity index (χ3v) is 4.68. The molecule has 0 bridgehead atoms. The second kappa shape index (κ2) is 9.09. The van der Waals surface area contributed by atoms with Gasteiger partial charge in [-0.1, -0.05) is 67.6 Å². The molecule has 0 saturated heterocycles. The van der Waals surface area contributed by atoms with Crippen molar-refractivity contribution in [2.24, 2.45) is 0 Å². The second-order valence-electron chi connectivity index (χ2n) is 6.66. The maximum absolute atomic E-state index is 12.0. The minimum Gasteiger partial charge on any atom is -0.489 e.